The van der Waals surface area contributed by atoms with Gasteiger partial charge in [-0.05, 0) is 43.0 Å². The number of anilines is 1. The van der Waals surface area contributed by atoms with E-state index in [0.717, 1.165) is 22.8 Å². The highest BCUT2D eigenvalue weighted by Gasteiger charge is 2.47. The second kappa shape index (κ2) is 7.54. The summed E-state index contributed by atoms with van der Waals surface area (Å²) in [6, 6.07) is 1.82. The molecule has 0 unspecified atom stereocenters. The van der Waals surface area contributed by atoms with Crippen LogP contribution in [0.5, 0.6) is 5.88 Å². The predicted octanol–water partition coefficient (Wildman–Crippen LogP) is 3.23. The maximum absolute atomic E-state index is 13.6. The molecule has 180 valence electrons. The summed E-state index contributed by atoms with van der Waals surface area (Å²) in [5.74, 6) is 0.161. The number of likely N-dealkylation sites (tertiary alicyclic amines) is 1. The van der Waals surface area contributed by atoms with E-state index in [-0.39, 0.29) is 24.5 Å². The van der Waals surface area contributed by atoms with Gasteiger partial charge in [-0.15, -0.1) is 0 Å². The molecule has 0 saturated carbocycles. The summed E-state index contributed by atoms with van der Waals surface area (Å²) < 4.78 is 56.8. The molecule has 4 aliphatic heterocycles. The molecule has 11 heteroatoms. The standard InChI is InChI=1S/C23H23F3N4O4/c1-10-18-13(8-32-10)12-7-16(33-9-14(12)28-20(18)27)22(31)30-6-2-3-15-19(30)11-4-5-17(23(24,25)26)29-21(11)34-15/h4-5,10,15-16,19H,2-3,6-9H2,1H3,(H2,27,28)/t10-,15+,16+,19+/m1/s1. The van der Waals surface area contributed by atoms with Crippen LogP contribution in [0.4, 0.5) is 19.0 Å². The second-order valence-corrected chi connectivity index (χ2v) is 9.14. The van der Waals surface area contributed by atoms with Gasteiger partial charge in [0.1, 0.15) is 23.7 Å². The van der Waals surface area contributed by atoms with Crippen molar-refractivity contribution in [1.82, 2.24) is 14.9 Å². The van der Waals surface area contributed by atoms with E-state index < -0.39 is 30.1 Å². The lowest BCUT2D eigenvalue weighted by molar-refractivity contribution is -0.151. The second-order valence-electron chi connectivity index (χ2n) is 9.14. The van der Waals surface area contributed by atoms with Gasteiger partial charge in [0.05, 0.1) is 31.1 Å². The molecule has 0 aliphatic carbocycles. The van der Waals surface area contributed by atoms with Crippen LogP contribution in [0.3, 0.4) is 0 Å². The lowest BCUT2D eigenvalue weighted by Crippen LogP contribution is -2.50. The number of nitrogens with two attached hydrogens (primary N) is 1. The van der Waals surface area contributed by atoms with Gasteiger partial charge in [0.25, 0.3) is 5.91 Å². The highest BCUT2D eigenvalue weighted by atomic mass is 19.4. The SMILES string of the molecule is C[C@H]1OCc2c3c(nc(N)c21)CO[C@H](C(=O)N1CCC[C@@H]2Oc4nc(C(F)(F)F)ccc4[C@@H]21)C3. The molecule has 8 nitrogen and oxygen atoms in total. The molecule has 0 bridgehead atoms. The zero-order valence-electron chi connectivity index (χ0n) is 18.4. The summed E-state index contributed by atoms with van der Waals surface area (Å²) in [5.41, 5.74) is 9.12. The van der Waals surface area contributed by atoms with E-state index in [1.807, 2.05) is 6.92 Å². The molecule has 0 radical (unpaired) electrons. The minimum absolute atomic E-state index is 0.0527. The average molecular weight is 476 g/mol. The maximum atomic E-state index is 13.6. The number of nitrogens with zero attached hydrogens (tertiary/aromatic N) is 3. The van der Waals surface area contributed by atoms with Crippen LogP contribution in [0, 0.1) is 0 Å². The largest absolute Gasteiger partial charge is 0.472 e. The summed E-state index contributed by atoms with van der Waals surface area (Å²) in [6.07, 6.45) is -4.24. The van der Waals surface area contributed by atoms with Crippen molar-refractivity contribution in [2.45, 2.75) is 69.9 Å². The van der Waals surface area contributed by atoms with Crippen molar-refractivity contribution < 1.29 is 32.2 Å². The zero-order chi connectivity index (χ0) is 23.8. The van der Waals surface area contributed by atoms with E-state index in [1.54, 1.807) is 4.90 Å². The fourth-order valence-electron chi connectivity index (χ4n) is 5.57. The van der Waals surface area contributed by atoms with Gasteiger partial charge in [0, 0.05) is 24.1 Å². The number of hydrogen-bond donors (Lipinski definition) is 1. The van der Waals surface area contributed by atoms with Crippen molar-refractivity contribution in [3.63, 3.8) is 0 Å². The Bertz CT molecular complexity index is 1190. The summed E-state index contributed by atoms with van der Waals surface area (Å²) in [5, 5.41) is 0. The van der Waals surface area contributed by atoms with Gasteiger partial charge in [-0.25, -0.2) is 9.97 Å². The van der Waals surface area contributed by atoms with Crippen molar-refractivity contribution in [1.29, 1.82) is 0 Å². The molecule has 6 rings (SSSR count). The molecule has 1 amide bonds. The van der Waals surface area contributed by atoms with E-state index in [9.17, 15) is 18.0 Å². The molecule has 4 atom stereocenters. The normalized spacial score (nSPS) is 27.5. The van der Waals surface area contributed by atoms with Crippen LogP contribution in [0.25, 0.3) is 0 Å². The van der Waals surface area contributed by atoms with Crippen LogP contribution in [0.15, 0.2) is 12.1 Å². The van der Waals surface area contributed by atoms with E-state index in [4.69, 9.17) is 19.9 Å². The third kappa shape index (κ3) is 3.24. The molecule has 1 saturated heterocycles. The number of amides is 1. The number of hydrogen-bond acceptors (Lipinski definition) is 7. The van der Waals surface area contributed by atoms with Crippen LogP contribution in [0.1, 0.15) is 65.6 Å². The topological polar surface area (TPSA) is 99.8 Å². The minimum atomic E-state index is -4.57. The molecule has 2 aromatic rings. The minimum Gasteiger partial charge on any atom is -0.472 e. The molecular formula is C23H23F3N4O4. The number of piperidine rings is 1. The van der Waals surface area contributed by atoms with Crippen LogP contribution >= 0.6 is 0 Å². The maximum Gasteiger partial charge on any atom is 0.433 e. The molecule has 6 heterocycles. The summed E-state index contributed by atoms with van der Waals surface area (Å²) in [7, 11) is 0. The number of aromatic nitrogens is 2. The van der Waals surface area contributed by atoms with Crippen LogP contribution in [-0.4, -0.2) is 39.5 Å². The first kappa shape index (κ1) is 21.6. The van der Waals surface area contributed by atoms with Crippen molar-refractivity contribution in [3.8, 4) is 5.88 Å². The fourth-order valence-corrected chi connectivity index (χ4v) is 5.57. The highest BCUT2D eigenvalue weighted by molar-refractivity contribution is 5.82. The van der Waals surface area contributed by atoms with E-state index >= 15 is 0 Å². The number of ether oxygens (including phenoxy) is 3. The molecular weight excluding hydrogens is 453 g/mol. The lowest BCUT2D eigenvalue weighted by Gasteiger charge is -2.39. The first-order chi connectivity index (χ1) is 16.2. The Morgan fingerprint density at radius 1 is 1.18 bits per heavy atom. The molecule has 34 heavy (non-hydrogen) atoms. The van der Waals surface area contributed by atoms with E-state index in [2.05, 4.69) is 9.97 Å². The number of carbonyl (C=O) groups excluding carboxylic acids is 1. The zero-order valence-corrected chi connectivity index (χ0v) is 18.4. The number of alkyl halides is 3. The Labute approximate surface area is 193 Å². The summed E-state index contributed by atoms with van der Waals surface area (Å²) >= 11 is 0. The van der Waals surface area contributed by atoms with Crippen molar-refractivity contribution in [3.05, 3.63) is 45.8 Å². The van der Waals surface area contributed by atoms with Gasteiger partial charge in [-0.1, -0.05) is 0 Å². The van der Waals surface area contributed by atoms with Gasteiger partial charge < -0.3 is 24.8 Å². The quantitative estimate of drug-likeness (QED) is 0.675. The average Bonchev–Trinajstić information content (AvgIpc) is 3.38. The number of fused-ring (bicyclic) bond motifs is 6. The highest BCUT2D eigenvalue weighted by Crippen LogP contribution is 2.46. The number of pyridine rings is 2. The van der Waals surface area contributed by atoms with Crippen LogP contribution in [-0.2, 0) is 40.1 Å². The monoisotopic (exact) mass is 476 g/mol. The Morgan fingerprint density at radius 2 is 2.00 bits per heavy atom. The Morgan fingerprint density at radius 3 is 2.79 bits per heavy atom. The van der Waals surface area contributed by atoms with Gasteiger partial charge in [0.15, 0.2) is 0 Å². The fraction of sp³-hybridized carbons (Fsp3) is 0.522. The van der Waals surface area contributed by atoms with Gasteiger partial charge in [-0.2, -0.15) is 13.2 Å². The number of nitrogen functional groups attached to an aromatic ring is 1. The molecule has 2 N–H and O–H groups in total. The van der Waals surface area contributed by atoms with Crippen molar-refractivity contribution in [2.75, 3.05) is 12.3 Å². The summed E-state index contributed by atoms with van der Waals surface area (Å²) in [6.45, 7) is 2.95. The van der Waals surface area contributed by atoms with Crippen LogP contribution < -0.4 is 10.5 Å². The molecule has 1 fully saturated rings. The molecule has 0 spiro atoms. The molecule has 0 aromatic carbocycles. The summed E-state index contributed by atoms with van der Waals surface area (Å²) in [4.78, 5) is 23.5. The van der Waals surface area contributed by atoms with Gasteiger partial charge in [-0.3, -0.25) is 4.79 Å². The van der Waals surface area contributed by atoms with Crippen molar-refractivity contribution in [2.24, 2.45) is 0 Å². The Hall–Kier alpha value is -2.92. The van der Waals surface area contributed by atoms with Gasteiger partial charge >= 0.3 is 6.18 Å². The van der Waals surface area contributed by atoms with Crippen LogP contribution in [0.2, 0.25) is 0 Å². The first-order valence-electron chi connectivity index (χ1n) is 11.3. The van der Waals surface area contributed by atoms with E-state index in [0.29, 0.717) is 49.5 Å². The Kier molecular flexibility index (Phi) is 4.79. The number of halogens is 3. The molecule has 2 aromatic heterocycles. The van der Waals surface area contributed by atoms with E-state index in [1.165, 1.54) is 6.07 Å². The number of rotatable bonds is 1. The van der Waals surface area contributed by atoms with Crippen molar-refractivity contribution >= 4 is 11.7 Å². The Balaban J connectivity index is 1.29. The number of carbonyl (C=O) groups is 1. The lowest BCUT2D eigenvalue weighted by atomic mass is 9.91. The first-order valence-corrected chi connectivity index (χ1v) is 11.3. The smallest absolute Gasteiger partial charge is 0.433 e. The third-order valence-corrected chi connectivity index (χ3v) is 7.16. The van der Waals surface area contributed by atoms with Gasteiger partial charge in [0.2, 0.25) is 5.88 Å². The third-order valence-electron chi connectivity index (χ3n) is 7.16. The molecule has 4 aliphatic rings. The predicted molar refractivity (Wildman–Crippen MR) is 111 cm³/mol.